The Hall–Kier alpha value is -3.95. The smallest absolute Gasteiger partial charge is 0.476 e. The summed E-state index contributed by atoms with van der Waals surface area (Å²) in [5, 5.41) is 0. The summed E-state index contributed by atoms with van der Waals surface area (Å²) in [4.78, 5) is 48.9. The number of hydrogen-bond acceptors (Lipinski definition) is 19. The van der Waals surface area contributed by atoms with Crippen LogP contribution in [-0.2, 0) is 51.4 Å². The van der Waals surface area contributed by atoms with E-state index in [-0.39, 0.29) is 29.6 Å². The number of imidazole rings is 1. The van der Waals surface area contributed by atoms with Gasteiger partial charge in [0.25, 0.3) is 5.85 Å². The summed E-state index contributed by atoms with van der Waals surface area (Å²) in [6.07, 6.45) is -7.44. The van der Waals surface area contributed by atoms with Crippen molar-refractivity contribution in [3.8, 4) is 5.88 Å². The average molecular weight is 757 g/mol. The number of esters is 1. The van der Waals surface area contributed by atoms with Gasteiger partial charge in [-0.25, -0.2) is 37.0 Å². The fourth-order valence-corrected chi connectivity index (χ4v) is 5.26. The van der Waals surface area contributed by atoms with Crippen LogP contribution in [0.25, 0.3) is 11.2 Å². The highest BCUT2D eigenvalue weighted by Gasteiger charge is 2.68. The number of nitrogens with zero attached hydrogens (tertiary/aromatic N) is 4. The fourth-order valence-electron chi connectivity index (χ4n) is 4.34. The van der Waals surface area contributed by atoms with Crippen LogP contribution in [0.1, 0.15) is 61.6 Å². The first-order valence-electron chi connectivity index (χ1n) is 15.6. The highest BCUT2D eigenvalue weighted by molar-refractivity contribution is 7.48. The summed E-state index contributed by atoms with van der Waals surface area (Å²) in [6, 6.07) is -1.27. The molecule has 0 amide bonds. The van der Waals surface area contributed by atoms with Crippen molar-refractivity contribution in [3.05, 3.63) is 6.33 Å². The molecule has 51 heavy (non-hydrogen) atoms. The lowest BCUT2D eigenvalue weighted by molar-refractivity contribution is -0.197. The van der Waals surface area contributed by atoms with Crippen molar-refractivity contribution in [2.45, 2.75) is 97.5 Å². The summed E-state index contributed by atoms with van der Waals surface area (Å²) < 4.78 is 98.1. The van der Waals surface area contributed by atoms with Crippen LogP contribution < -0.4 is 16.2 Å². The highest BCUT2D eigenvalue weighted by Crippen LogP contribution is 2.55. The van der Waals surface area contributed by atoms with Gasteiger partial charge in [-0.1, -0.05) is 13.8 Å². The first-order chi connectivity index (χ1) is 23.7. The van der Waals surface area contributed by atoms with Crippen molar-refractivity contribution in [2.24, 2.45) is 11.7 Å². The molecule has 1 unspecified atom stereocenters. The predicted octanol–water partition coefficient (Wildman–Crippen LogP) is 3.82. The number of ether oxygens (including phenoxy) is 7. The molecule has 0 saturated carbocycles. The molecule has 288 valence electrons. The van der Waals surface area contributed by atoms with Crippen LogP contribution in [0.2, 0.25) is 0 Å². The molecule has 1 saturated heterocycles. The topological polar surface area (TPSA) is 256 Å². The summed E-state index contributed by atoms with van der Waals surface area (Å²) in [6.45, 7) is 8.24. The minimum absolute atomic E-state index is 0.0171. The maximum absolute atomic E-state index is 16.7. The number of phosphoric acid groups is 1. The first kappa shape index (κ1) is 41.5. The van der Waals surface area contributed by atoms with Crippen LogP contribution in [0, 0.1) is 5.92 Å². The summed E-state index contributed by atoms with van der Waals surface area (Å²) in [5.41, 5.74) is 9.15. The third-order valence-corrected chi connectivity index (χ3v) is 8.08. The fraction of sp³-hybridized carbons (Fsp3) is 0.714. The Morgan fingerprint density at radius 2 is 1.59 bits per heavy atom. The molecular weight excluding hydrogens is 713 g/mol. The van der Waals surface area contributed by atoms with Gasteiger partial charge in [0.05, 0.1) is 25.1 Å². The molecule has 2 aromatic heterocycles. The van der Waals surface area contributed by atoms with Crippen molar-refractivity contribution in [1.82, 2.24) is 19.5 Å². The van der Waals surface area contributed by atoms with E-state index >= 15 is 8.78 Å². The van der Waals surface area contributed by atoms with Gasteiger partial charge in [-0.2, -0.15) is 9.97 Å². The number of fused-ring (bicyclic) bond motifs is 1. The number of nitrogens with two attached hydrogens (primary N) is 2. The molecule has 4 N–H and O–H groups in total. The van der Waals surface area contributed by atoms with Gasteiger partial charge in [-0.05, 0) is 47.5 Å². The van der Waals surface area contributed by atoms with Crippen LogP contribution in [0.15, 0.2) is 6.33 Å². The van der Waals surface area contributed by atoms with Gasteiger partial charge in [0.1, 0.15) is 12.6 Å². The molecule has 5 atom stereocenters. The highest BCUT2D eigenvalue weighted by atomic mass is 31.2. The van der Waals surface area contributed by atoms with Crippen LogP contribution in [0.5, 0.6) is 5.88 Å². The number of halogens is 2. The van der Waals surface area contributed by atoms with Crippen molar-refractivity contribution in [3.63, 3.8) is 0 Å². The minimum atomic E-state index is -5.11. The maximum atomic E-state index is 16.7. The number of carbonyl (C=O) groups is 3. The second-order valence-corrected chi connectivity index (χ2v) is 13.6. The van der Waals surface area contributed by atoms with Gasteiger partial charge < -0.3 is 44.6 Å². The lowest BCUT2D eigenvalue weighted by Gasteiger charge is -2.33. The number of anilines is 1. The quantitative estimate of drug-likeness (QED) is 0.101. The Labute approximate surface area is 291 Å². The Balaban J connectivity index is 1.97. The van der Waals surface area contributed by atoms with E-state index in [1.807, 2.05) is 0 Å². The van der Waals surface area contributed by atoms with Crippen LogP contribution in [0.4, 0.5) is 24.3 Å². The molecule has 1 aliphatic rings. The molecule has 20 nitrogen and oxygen atoms in total. The van der Waals surface area contributed by atoms with E-state index in [0.29, 0.717) is 0 Å². The van der Waals surface area contributed by atoms with Gasteiger partial charge in [0, 0.05) is 0 Å². The standard InChI is InChI=1S/C28H43F2N6O14P/c1-9-41-20-18-19(34-24(32)35-20)36(11-33-18)23-27(8,49-21(37)17(31)14(2)3)22(29)28(30,50-23)10-44-51(40,45-12-42-25(38)47-15(4)5)46-13-43-26(39)48-16(6)7/h11,14-17,22-23H,9-10,12-13,31H2,1-8H3,(H2,32,34,35)/t17?,22-,23+,27+,28+/m0/s1. The zero-order valence-electron chi connectivity index (χ0n) is 29.2. The molecular formula is C28H43F2N6O14P. The Morgan fingerprint density at radius 1 is 1.02 bits per heavy atom. The molecule has 0 aliphatic carbocycles. The second kappa shape index (κ2) is 17.0. The first-order valence-corrected chi connectivity index (χ1v) is 17.0. The molecule has 0 spiro atoms. The molecule has 0 radical (unpaired) electrons. The molecule has 0 aromatic carbocycles. The van der Waals surface area contributed by atoms with E-state index in [9.17, 15) is 18.9 Å². The van der Waals surface area contributed by atoms with Crippen molar-refractivity contribution < 1.29 is 74.5 Å². The van der Waals surface area contributed by atoms with Crippen LogP contribution in [0.3, 0.4) is 0 Å². The van der Waals surface area contributed by atoms with Crippen LogP contribution in [-0.4, -0.2) is 100 Å². The van der Waals surface area contributed by atoms with Crippen LogP contribution >= 0.6 is 7.82 Å². The normalized spacial score (nSPS) is 22.7. The largest absolute Gasteiger partial charge is 0.510 e. The lowest BCUT2D eigenvalue weighted by atomic mass is 9.95. The Morgan fingerprint density at radius 3 is 2.10 bits per heavy atom. The van der Waals surface area contributed by atoms with Gasteiger partial charge in [0.15, 0.2) is 23.0 Å². The summed E-state index contributed by atoms with van der Waals surface area (Å²) >= 11 is 0. The average Bonchev–Trinajstić information content (AvgIpc) is 3.52. The van der Waals surface area contributed by atoms with Crippen molar-refractivity contribution in [2.75, 3.05) is 32.5 Å². The van der Waals surface area contributed by atoms with Gasteiger partial charge >= 0.3 is 26.1 Å². The van der Waals surface area contributed by atoms with Crippen molar-refractivity contribution in [1.29, 1.82) is 0 Å². The molecule has 2 aromatic rings. The third-order valence-electron chi connectivity index (χ3n) is 6.79. The molecule has 1 fully saturated rings. The third kappa shape index (κ3) is 10.3. The monoisotopic (exact) mass is 756 g/mol. The van der Waals surface area contributed by atoms with E-state index in [2.05, 4.69) is 24.4 Å². The van der Waals surface area contributed by atoms with Gasteiger partial charge in [-0.3, -0.25) is 13.9 Å². The number of hydrogen-bond donors (Lipinski definition) is 2. The van der Waals surface area contributed by atoms with E-state index < -0.39 is 94.3 Å². The van der Waals surface area contributed by atoms with E-state index in [0.717, 1.165) is 17.8 Å². The van der Waals surface area contributed by atoms with Crippen molar-refractivity contribution >= 4 is 43.2 Å². The molecule has 0 bridgehead atoms. The number of alkyl halides is 2. The number of aromatic nitrogens is 4. The molecule has 3 heterocycles. The number of carbonyl (C=O) groups excluding carboxylic acids is 3. The van der Waals surface area contributed by atoms with Gasteiger partial charge in [0.2, 0.25) is 31.6 Å². The molecule has 1 aliphatic heterocycles. The minimum Gasteiger partial charge on any atom is -0.476 e. The van der Waals surface area contributed by atoms with E-state index in [1.54, 1.807) is 20.8 Å². The van der Waals surface area contributed by atoms with E-state index in [1.165, 1.54) is 27.7 Å². The summed E-state index contributed by atoms with van der Waals surface area (Å²) in [7, 11) is -5.11. The van der Waals surface area contributed by atoms with Gasteiger partial charge in [-0.15, -0.1) is 0 Å². The maximum Gasteiger partial charge on any atom is 0.510 e. The molecule has 23 heteroatoms. The Bertz CT molecular complexity index is 1550. The zero-order valence-corrected chi connectivity index (χ0v) is 30.1. The SMILES string of the molecule is CCOc1nc(N)nc2c1ncn2[C@@H]1O[C@](F)(COP(=O)(OCOC(=O)OC(C)C)OCOC(=O)OC(C)C)[C@@H](F)[C@@]1(C)OC(=O)C(N)C(C)C. The number of nitrogen functional groups attached to an aromatic ring is 1. The zero-order chi connectivity index (χ0) is 38.3. The number of rotatable bonds is 17. The lowest BCUT2D eigenvalue weighted by Crippen LogP contribution is -2.52. The molecule has 3 rings (SSSR count). The number of phosphoric ester groups is 1. The second-order valence-electron chi connectivity index (χ2n) is 12.0. The summed E-state index contributed by atoms with van der Waals surface area (Å²) in [5.74, 6) is -5.55. The predicted molar refractivity (Wildman–Crippen MR) is 168 cm³/mol. The van der Waals surface area contributed by atoms with E-state index in [4.69, 9.17) is 48.7 Å². The Kier molecular flexibility index (Phi) is 13.9.